The molecular weight excluding hydrogens is 254 g/mol. The largest absolute Gasteiger partial charge is 0.326 e. The van der Waals surface area contributed by atoms with Crippen LogP contribution >= 0.6 is 0 Å². The Morgan fingerprint density at radius 1 is 1.30 bits per heavy atom. The highest BCUT2D eigenvalue weighted by molar-refractivity contribution is 5.96. The SMILES string of the molecule is CCCCC(N)C(=O)Nc1cc(NC(C)=O)ccc1C. The Hall–Kier alpha value is -1.88. The van der Waals surface area contributed by atoms with Crippen LogP contribution in [0.25, 0.3) is 0 Å². The Morgan fingerprint density at radius 3 is 2.60 bits per heavy atom. The van der Waals surface area contributed by atoms with Crippen molar-refractivity contribution in [2.75, 3.05) is 10.6 Å². The first-order chi connectivity index (χ1) is 9.43. The maximum Gasteiger partial charge on any atom is 0.241 e. The quantitative estimate of drug-likeness (QED) is 0.746. The topological polar surface area (TPSA) is 84.2 Å². The third kappa shape index (κ3) is 5.01. The van der Waals surface area contributed by atoms with Crippen LogP contribution in [0.4, 0.5) is 11.4 Å². The van der Waals surface area contributed by atoms with Crippen molar-refractivity contribution >= 4 is 23.2 Å². The monoisotopic (exact) mass is 277 g/mol. The Morgan fingerprint density at radius 2 is 2.00 bits per heavy atom. The summed E-state index contributed by atoms with van der Waals surface area (Å²) in [5, 5.41) is 5.50. The van der Waals surface area contributed by atoms with Crippen molar-refractivity contribution in [2.45, 2.75) is 46.1 Å². The standard InChI is InChI=1S/C15H23N3O2/c1-4-5-6-13(16)15(20)18-14-9-12(17-11(3)19)8-7-10(14)2/h7-9,13H,4-6,16H2,1-3H3,(H,17,19)(H,18,20). The first kappa shape index (κ1) is 16.2. The lowest BCUT2D eigenvalue weighted by Crippen LogP contribution is -2.35. The smallest absolute Gasteiger partial charge is 0.241 e. The summed E-state index contributed by atoms with van der Waals surface area (Å²) in [5.74, 6) is -0.340. The highest BCUT2D eigenvalue weighted by Crippen LogP contribution is 2.20. The van der Waals surface area contributed by atoms with E-state index in [1.54, 1.807) is 12.1 Å². The molecule has 1 aromatic rings. The van der Waals surface area contributed by atoms with Gasteiger partial charge in [-0.15, -0.1) is 0 Å². The van der Waals surface area contributed by atoms with E-state index in [4.69, 9.17) is 5.73 Å². The highest BCUT2D eigenvalue weighted by Gasteiger charge is 2.14. The molecule has 5 nitrogen and oxygen atoms in total. The van der Waals surface area contributed by atoms with Crippen molar-refractivity contribution < 1.29 is 9.59 Å². The molecule has 0 fully saturated rings. The summed E-state index contributed by atoms with van der Waals surface area (Å²) in [5.41, 5.74) is 8.09. The summed E-state index contributed by atoms with van der Waals surface area (Å²) < 4.78 is 0. The van der Waals surface area contributed by atoms with Crippen molar-refractivity contribution in [2.24, 2.45) is 5.73 Å². The Labute approximate surface area is 119 Å². The molecule has 20 heavy (non-hydrogen) atoms. The molecule has 4 N–H and O–H groups in total. The number of unbranched alkanes of at least 4 members (excludes halogenated alkanes) is 1. The molecule has 0 aliphatic heterocycles. The number of carbonyl (C=O) groups is 2. The summed E-state index contributed by atoms with van der Waals surface area (Å²) in [7, 11) is 0. The molecule has 1 unspecified atom stereocenters. The molecule has 0 heterocycles. The molecule has 5 heteroatoms. The van der Waals surface area contributed by atoms with Crippen LogP contribution in [0.3, 0.4) is 0 Å². The first-order valence-electron chi connectivity index (χ1n) is 6.88. The molecule has 1 rings (SSSR count). The van der Waals surface area contributed by atoms with Crippen LogP contribution in [0, 0.1) is 6.92 Å². The maximum absolute atomic E-state index is 12.0. The van der Waals surface area contributed by atoms with Gasteiger partial charge in [0.2, 0.25) is 11.8 Å². The Balaban J connectivity index is 2.75. The fraction of sp³-hybridized carbons (Fsp3) is 0.467. The molecule has 0 radical (unpaired) electrons. The van der Waals surface area contributed by atoms with Crippen molar-refractivity contribution in [3.05, 3.63) is 23.8 Å². The fourth-order valence-corrected chi connectivity index (χ4v) is 1.82. The van der Waals surface area contributed by atoms with E-state index in [0.29, 0.717) is 17.8 Å². The number of anilines is 2. The number of hydrogen-bond acceptors (Lipinski definition) is 3. The van der Waals surface area contributed by atoms with E-state index in [9.17, 15) is 9.59 Å². The van der Waals surface area contributed by atoms with E-state index >= 15 is 0 Å². The van der Waals surface area contributed by atoms with Crippen LogP contribution in [0.5, 0.6) is 0 Å². The number of nitrogens with one attached hydrogen (secondary N) is 2. The zero-order valence-corrected chi connectivity index (χ0v) is 12.3. The van der Waals surface area contributed by atoms with Crippen LogP contribution in [-0.2, 0) is 9.59 Å². The van der Waals surface area contributed by atoms with Crippen LogP contribution in [-0.4, -0.2) is 17.9 Å². The van der Waals surface area contributed by atoms with E-state index in [-0.39, 0.29) is 11.8 Å². The summed E-state index contributed by atoms with van der Waals surface area (Å²) in [6.07, 6.45) is 2.62. The number of amides is 2. The molecule has 0 saturated carbocycles. The van der Waals surface area contributed by atoms with Gasteiger partial charge in [-0.3, -0.25) is 9.59 Å². The second kappa shape index (κ2) is 7.65. The van der Waals surface area contributed by atoms with Gasteiger partial charge in [-0.05, 0) is 31.0 Å². The fourth-order valence-electron chi connectivity index (χ4n) is 1.82. The van der Waals surface area contributed by atoms with Gasteiger partial charge >= 0.3 is 0 Å². The van der Waals surface area contributed by atoms with Crippen LogP contribution in [0.2, 0.25) is 0 Å². The van der Waals surface area contributed by atoms with E-state index < -0.39 is 6.04 Å². The minimum absolute atomic E-state index is 0.147. The third-order valence-corrected chi connectivity index (χ3v) is 3.02. The van der Waals surface area contributed by atoms with Crippen LogP contribution in [0.15, 0.2) is 18.2 Å². The molecule has 0 aromatic heterocycles. The van der Waals surface area contributed by atoms with Gasteiger partial charge in [0.05, 0.1) is 6.04 Å². The van der Waals surface area contributed by atoms with E-state index in [2.05, 4.69) is 17.6 Å². The lowest BCUT2D eigenvalue weighted by Gasteiger charge is -2.14. The molecule has 1 aromatic carbocycles. The molecule has 1 atom stereocenters. The van der Waals surface area contributed by atoms with Crippen molar-refractivity contribution in [3.8, 4) is 0 Å². The van der Waals surface area contributed by atoms with Crippen LogP contribution in [0.1, 0.15) is 38.7 Å². The molecule has 0 aliphatic carbocycles. The molecular formula is C15H23N3O2. The lowest BCUT2D eigenvalue weighted by atomic mass is 10.1. The Bertz CT molecular complexity index is 486. The van der Waals surface area contributed by atoms with Gasteiger partial charge in [0.25, 0.3) is 0 Å². The molecule has 110 valence electrons. The third-order valence-electron chi connectivity index (χ3n) is 3.02. The first-order valence-corrected chi connectivity index (χ1v) is 6.88. The molecule has 0 spiro atoms. The number of nitrogens with two attached hydrogens (primary N) is 1. The molecule has 2 amide bonds. The normalized spacial score (nSPS) is 11.8. The van der Waals surface area contributed by atoms with Crippen molar-refractivity contribution in [1.82, 2.24) is 0 Å². The predicted octanol–water partition coefficient (Wildman–Crippen LogP) is 2.41. The van der Waals surface area contributed by atoms with Gasteiger partial charge in [-0.2, -0.15) is 0 Å². The summed E-state index contributed by atoms with van der Waals surface area (Å²) >= 11 is 0. The highest BCUT2D eigenvalue weighted by atomic mass is 16.2. The predicted molar refractivity (Wildman–Crippen MR) is 81.6 cm³/mol. The molecule has 0 bridgehead atoms. The van der Waals surface area contributed by atoms with E-state index in [0.717, 1.165) is 18.4 Å². The Kier molecular flexibility index (Phi) is 6.18. The minimum atomic E-state index is -0.501. The van der Waals surface area contributed by atoms with E-state index in [1.807, 2.05) is 13.0 Å². The number of carbonyl (C=O) groups excluding carboxylic acids is 2. The second-order valence-corrected chi connectivity index (χ2v) is 4.95. The molecule has 0 aliphatic rings. The number of rotatable bonds is 6. The van der Waals surface area contributed by atoms with Gasteiger partial charge in [-0.1, -0.05) is 25.8 Å². The minimum Gasteiger partial charge on any atom is -0.326 e. The summed E-state index contributed by atoms with van der Waals surface area (Å²) in [4.78, 5) is 23.0. The summed E-state index contributed by atoms with van der Waals surface area (Å²) in [6, 6.07) is 4.88. The average molecular weight is 277 g/mol. The van der Waals surface area contributed by atoms with Gasteiger partial charge in [0.1, 0.15) is 0 Å². The number of benzene rings is 1. The number of hydrogen-bond donors (Lipinski definition) is 3. The lowest BCUT2D eigenvalue weighted by molar-refractivity contribution is -0.117. The second-order valence-electron chi connectivity index (χ2n) is 4.95. The maximum atomic E-state index is 12.0. The van der Waals surface area contributed by atoms with Crippen molar-refractivity contribution in [3.63, 3.8) is 0 Å². The van der Waals surface area contributed by atoms with Crippen LogP contribution < -0.4 is 16.4 Å². The van der Waals surface area contributed by atoms with Gasteiger partial charge in [0, 0.05) is 18.3 Å². The number of aryl methyl sites for hydroxylation is 1. The average Bonchev–Trinajstić information content (AvgIpc) is 2.39. The van der Waals surface area contributed by atoms with E-state index in [1.165, 1.54) is 6.92 Å². The zero-order valence-electron chi connectivity index (χ0n) is 12.3. The molecule has 0 saturated heterocycles. The zero-order chi connectivity index (χ0) is 15.1. The summed E-state index contributed by atoms with van der Waals surface area (Å²) in [6.45, 7) is 5.40. The van der Waals surface area contributed by atoms with Gasteiger partial charge < -0.3 is 16.4 Å². The van der Waals surface area contributed by atoms with Gasteiger partial charge in [-0.25, -0.2) is 0 Å². The van der Waals surface area contributed by atoms with Crippen molar-refractivity contribution in [1.29, 1.82) is 0 Å². The van der Waals surface area contributed by atoms with Gasteiger partial charge in [0.15, 0.2) is 0 Å².